The summed E-state index contributed by atoms with van der Waals surface area (Å²) in [7, 11) is 0. The van der Waals surface area contributed by atoms with Gasteiger partial charge >= 0.3 is 0 Å². The molecule has 0 fully saturated rings. The number of fused-ring (bicyclic) bond motifs is 1. The van der Waals surface area contributed by atoms with Crippen LogP contribution < -0.4 is 5.32 Å². The predicted octanol–water partition coefficient (Wildman–Crippen LogP) is 5.15. The van der Waals surface area contributed by atoms with Gasteiger partial charge in [0, 0.05) is 0 Å². The Morgan fingerprint density at radius 3 is 3.00 bits per heavy atom. The summed E-state index contributed by atoms with van der Waals surface area (Å²) in [5, 5.41) is 4.07. The van der Waals surface area contributed by atoms with E-state index in [9.17, 15) is 4.79 Å². The number of unbranched alkanes of at least 4 members (excludes halogenated alkanes) is 1. The van der Waals surface area contributed by atoms with E-state index in [0.717, 1.165) is 35.0 Å². The lowest BCUT2D eigenvalue weighted by Gasteiger charge is -2.07. The van der Waals surface area contributed by atoms with Crippen LogP contribution in [0.4, 0.5) is 5.13 Å². The molecule has 0 aliphatic heterocycles. The Kier molecular flexibility index (Phi) is 5.41. The molecule has 1 unspecified atom stereocenters. The number of rotatable bonds is 5. The Bertz CT molecular complexity index is 629. The molecule has 1 N–H and O–H groups in total. The maximum absolute atomic E-state index is 12.0. The molecule has 2 aromatic rings. The fourth-order valence-corrected chi connectivity index (χ4v) is 3.67. The van der Waals surface area contributed by atoms with Crippen molar-refractivity contribution in [1.82, 2.24) is 4.98 Å². The first-order valence-corrected chi connectivity index (χ1v) is 8.64. The molecule has 3 nitrogen and oxygen atoms in total. The van der Waals surface area contributed by atoms with Crippen molar-refractivity contribution < 1.29 is 4.79 Å². The van der Waals surface area contributed by atoms with Gasteiger partial charge in [0.1, 0.15) is 5.52 Å². The molecule has 1 aromatic heterocycles. The van der Waals surface area contributed by atoms with Crippen LogP contribution in [0.1, 0.15) is 31.7 Å². The molecule has 6 heteroatoms. The Morgan fingerprint density at radius 1 is 1.55 bits per heavy atom. The fourth-order valence-electron chi connectivity index (χ4n) is 1.87. The third kappa shape index (κ3) is 3.71. The van der Waals surface area contributed by atoms with Gasteiger partial charge in [-0.05, 0) is 31.0 Å². The number of hydrogen-bond acceptors (Lipinski definition) is 3. The summed E-state index contributed by atoms with van der Waals surface area (Å²) in [5.41, 5.74) is 1.84. The highest BCUT2D eigenvalue weighted by atomic mass is 79.9. The van der Waals surface area contributed by atoms with Gasteiger partial charge in [-0.1, -0.05) is 58.6 Å². The van der Waals surface area contributed by atoms with Crippen LogP contribution in [0.3, 0.4) is 0 Å². The summed E-state index contributed by atoms with van der Waals surface area (Å²) < 4.78 is 0.991. The standard InChI is InChI=1S/C14H16BrClN2OS/c1-3-4-5-9(15)13(19)18-14-17-12-10(16)6-8(2)7-11(12)20-14/h6-7,9H,3-5H2,1-2H3,(H,17,18,19). The SMILES string of the molecule is CCCCC(Br)C(=O)Nc1nc2c(Cl)cc(C)cc2s1. The maximum atomic E-state index is 12.0. The summed E-state index contributed by atoms with van der Waals surface area (Å²) >= 11 is 11.0. The second-order valence-corrected chi connectivity index (χ2v) is 7.25. The van der Waals surface area contributed by atoms with Crippen LogP contribution in [0.15, 0.2) is 12.1 Å². The van der Waals surface area contributed by atoms with Gasteiger partial charge in [0.15, 0.2) is 5.13 Å². The van der Waals surface area contributed by atoms with E-state index in [-0.39, 0.29) is 10.7 Å². The average molecular weight is 376 g/mol. The van der Waals surface area contributed by atoms with Gasteiger partial charge in [-0.25, -0.2) is 4.98 Å². The molecule has 1 amide bonds. The number of nitrogens with one attached hydrogen (secondary N) is 1. The molecule has 0 radical (unpaired) electrons. The summed E-state index contributed by atoms with van der Waals surface area (Å²) in [5.74, 6) is -0.0506. The number of carbonyl (C=O) groups excluding carboxylic acids is 1. The van der Waals surface area contributed by atoms with Crippen molar-refractivity contribution in [2.24, 2.45) is 0 Å². The van der Waals surface area contributed by atoms with E-state index in [1.165, 1.54) is 11.3 Å². The first-order chi connectivity index (χ1) is 9.51. The van der Waals surface area contributed by atoms with Crippen molar-refractivity contribution in [3.63, 3.8) is 0 Å². The van der Waals surface area contributed by atoms with E-state index in [1.54, 1.807) is 0 Å². The molecule has 1 heterocycles. The number of alkyl halides is 1. The molecule has 0 spiro atoms. The van der Waals surface area contributed by atoms with E-state index in [0.29, 0.717) is 10.2 Å². The molecule has 0 aliphatic rings. The lowest BCUT2D eigenvalue weighted by atomic mass is 10.2. The Hall–Kier alpha value is -0.650. The van der Waals surface area contributed by atoms with Crippen LogP contribution in [0.2, 0.25) is 5.02 Å². The number of aryl methyl sites for hydroxylation is 1. The van der Waals surface area contributed by atoms with Gasteiger partial charge in [0.2, 0.25) is 5.91 Å². The maximum Gasteiger partial charge on any atom is 0.239 e. The molecule has 1 aromatic carbocycles. The number of aromatic nitrogens is 1. The third-order valence-electron chi connectivity index (χ3n) is 2.92. The van der Waals surface area contributed by atoms with E-state index in [4.69, 9.17) is 11.6 Å². The molecule has 0 aliphatic carbocycles. The average Bonchev–Trinajstić information content (AvgIpc) is 2.78. The Balaban J connectivity index is 2.14. The smallest absolute Gasteiger partial charge is 0.239 e. The molecule has 0 saturated carbocycles. The van der Waals surface area contributed by atoms with Crippen LogP contribution in [0, 0.1) is 6.92 Å². The molecule has 20 heavy (non-hydrogen) atoms. The van der Waals surface area contributed by atoms with Crippen LogP contribution in [-0.2, 0) is 4.79 Å². The van der Waals surface area contributed by atoms with Crippen molar-refractivity contribution in [3.05, 3.63) is 22.7 Å². The van der Waals surface area contributed by atoms with Crippen LogP contribution in [0.25, 0.3) is 10.2 Å². The molecular weight excluding hydrogens is 360 g/mol. The van der Waals surface area contributed by atoms with Gasteiger partial charge in [-0.3, -0.25) is 4.79 Å². The summed E-state index contributed by atoms with van der Waals surface area (Å²) in [6.07, 6.45) is 2.92. The highest BCUT2D eigenvalue weighted by Crippen LogP contribution is 2.32. The minimum Gasteiger partial charge on any atom is -0.301 e. The van der Waals surface area contributed by atoms with Crippen LogP contribution in [0.5, 0.6) is 0 Å². The second-order valence-electron chi connectivity index (χ2n) is 4.71. The third-order valence-corrected chi connectivity index (χ3v) is 5.00. The number of amides is 1. The number of nitrogens with zero attached hydrogens (tertiary/aromatic N) is 1. The first kappa shape index (κ1) is 15.7. The molecular formula is C14H16BrClN2OS. The molecule has 2 rings (SSSR count). The highest BCUT2D eigenvalue weighted by Gasteiger charge is 2.16. The summed E-state index contributed by atoms with van der Waals surface area (Å²) in [4.78, 5) is 16.2. The highest BCUT2D eigenvalue weighted by molar-refractivity contribution is 9.10. The summed E-state index contributed by atoms with van der Waals surface area (Å²) in [6, 6.07) is 3.90. The Labute approximate surface area is 135 Å². The van der Waals surface area contributed by atoms with Gasteiger partial charge < -0.3 is 5.32 Å². The minimum absolute atomic E-state index is 0.0506. The number of hydrogen-bond donors (Lipinski definition) is 1. The van der Waals surface area contributed by atoms with Crippen molar-refractivity contribution in [1.29, 1.82) is 0 Å². The van der Waals surface area contributed by atoms with Gasteiger partial charge in [0.25, 0.3) is 0 Å². The molecule has 0 bridgehead atoms. The van der Waals surface area contributed by atoms with Gasteiger partial charge in [0.05, 0.1) is 14.5 Å². The zero-order valence-electron chi connectivity index (χ0n) is 11.4. The number of thiazole rings is 1. The largest absolute Gasteiger partial charge is 0.301 e. The normalized spacial score (nSPS) is 12.6. The van der Waals surface area contributed by atoms with E-state index in [2.05, 4.69) is 33.2 Å². The first-order valence-electron chi connectivity index (χ1n) is 6.53. The van der Waals surface area contributed by atoms with Crippen molar-refractivity contribution >= 4 is 60.1 Å². The lowest BCUT2D eigenvalue weighted by Crippen LogP contribution is -2.22. The quantitative estimate of drug-likeness (QED) is 0.734. The fraction of sp³-hybridized carbons (Fsp3) is 0.429. The van der Waals surface area contributed by atoms with Gasteiger partial charge in [-0.15, -0.1) is 0 Å². The number of benzene rings is 1. The number of halogens is 2. The van der Waals surface area contributed by atoms with Crippen LogP contribution in [-0.4, -0.2) is 15.7 Å². The van der Waals surface area contributed by atoms with E-state index in [1.807, 2.05) is 19.1 Å². The predicted molar refractivity (Wildman–Crippen MR) is 90.2 cm³/mol. The summed E-state index contributed by atoms with van der Waals surface area (Å²) in [6.45, 7) is 4.10. The van der Waals surface area contributed by atoms with E-state index < -0.39 is 0 Å². The molecule has 0 saturated heterocycles. The topological polar surface area (TPSA) is 42.0 Å². The van der Waals surface area contributed by atoms with Crippen molar-refractivity contribution in [2.45, 2.75) is 37.9 Å². The Morgan fingerprint density at radius 2 is 2.30 bits per heavy atom. The zero-order valence-corrected chi connectivity index (χ0v) is 14.5. The van der Waals surface area contributed by atoms with Crippen LogP contribution >= 0.6 is 38.9 Å². The van der Waals surface area contributed by atoms with E-state index >= 15 is 0 Å². The number of carbonyl (C=O) groups is 1. The zero-order chi connectivity index (χ0) is 14.7. The monoisotopic (exact) mass is 374 g/mol. The van der Waals surface area contributed by atoms with Gasteiger partial charge in [-0.2, -0.15) is 0 Å². The molecule has 108 valence electrons. The van der Waals surface area contributed by atoms with Crippen molar-refractivity contribution in [2.75, 3.05) is 5.32 Å². The lowest BCUT2D eigenvalue weighted by molar-refractivity contribution is -0.115. The minimum atomic E-state index is -0.174. The van der Waals surface area contributed by atoms with Crippen molar-refractivity contribution in [3.8, 4) is 0 Å². The second kappa shape index (κ2) is 6.87. The molecule has 1 atom stereocenters. The number of anilines is 1.